The Balaban J connectivity index is 0.000000423. The first kappa shape index (κ1) is 24.9. The Morgan fingerprint density at radius 2 is 1.84 bits per heavy atom. The van der Waals surface area contributed by atoms with Crippen molar-refractivity contribution in [3.63, 3.8) is 0 Å². The molecule has 3 N–H and O–H groups in total. The lowest BCUT2D eigenvalue weighted by atomic mass is 10.00. The van der Waals surface area contributed by atoms with Crippen molar-refractivity contribution in [2.75, 3.05) is 25.9 Å². The first-order valence-corrected chi connectivity index (χ1v) is 11.3. The number of aliphatic carboxylic acids is 1. The predicted molar refractivity (Wildman–Crippen MR) is 102 cm³/mol. The van der Waals surface area contributed by atoms with Gasteiger partial charge in [0.15, 0.2) is 9.84 Å². The number of carbonyl (C=O) groups excluding carboxylic acids is 1. The number of piperidine rings is 1. The third kappa shape index (κ3) is 6.79. The summed E-state index contributed by atoms with van der Waals surface area (Å²) in [6.07, 6.45) is -1.88. The Morgan fingerprint density at radius 1 is 1.26 bits per heavy atom. The molecule has 2 saturated heterocycles. The first-order valence-electron chi connectivity index (χ1n) is 9.36. The minimum atomic E-state index is -5.08. The van der Waals surface area contributed by atoms with E-state index in [1.165, 1.54) is 12.1 Å². The molecule has 3 rings (SSSR count). The Labute approximate surface area is 176 Å². The van der Waals surface area contributed by atoms with E-state index in [2.05, 4.69) is 10.6 Å². The molecule has 31 heavy (non-hydrogen) atoms. The van der Waals surface area contributed by atoms with Crippen molar-refractivity contribution in [3.8, 4) is 0 Å². The Morgan fingerprint density at radius 3 is 2.32 bits per heavy atom. The number of halogens is 4. The molecule has 2 heterocycles. The third-order valence-corrected chi connectivity index (χ3v) is 6.08. The van der Waals surface area contributed by atoms with Gasteiger partial charge in [0.05, 0.1) is 10.9 Å². The van der Waals surface area contributed by atoms with E-state index < -0.39 is 27.8 Å². The molecule has 2 aliphatic rings. The number of hydrogen-bond acceptors (Lipinski definition) is 5. The van der Waals surface area contributed by atoms with E-state index in [0.717, 1.165) is 38.3 Å². The molecule has 0 radical (unpaired) electrons. The number of amides is 2. The number of hydrogen-bond donors (Lipinski definition) is 3. The van der Waals surface area contributed by atoms with E-state index >= 15 is 0 Å². The monoisotopic (exact) mass is 469 g/mol. The highest BCUT2D eigenvalue weighted by Gasteiger charge is 2.38. The van der Waals surface area contributed by atoms with Crippen molar-refractivity contribution in [1.29, 1.82) is 0 Å². The quantitative estimate of drug-likeness (QED) is 0.577. The highest BCUT2D eigenvalue weighted by atomic mass is 32.2. The predicted octanol–water partition coefficient (Wildman–Crippen LogP) is 1.55. The van der Waals surface area contributed by atoms with Gasteiger partial charge in [0.2, 0.25) is 0 Å². The van der Waals surface area contributed by atoms with Crippen LogP contribution in [0.2, 0.25) is 0 Å². The smallest absolute Gasteiger partial charge is 0.475 e. The van der Waals surface area contributed by atoms with E-state index in [9.17, 15) is 30.8 Å². The van der Waals surface area contributed by atoms with Gasteiger partial charge in [-0.1, -0.05) is 6.07 Å². The molecule has 8 nitrogen and oxygen atoms in total. The van der Waals surface area contributed by atoms with Gasteiger partial charge in [0.1, 0.15) is 5.82 Å². The van der Waals surface area contributed by atoms with Crippen LogP contribution < -0.4 is 10.6 Å². The van der Waals surface area contributed by atoms with Crippen LogP contribution in [0.25, 0.3) is 0 Å². The summed E-state index contributed by atoms with van der Waals surface area (Å²) in [6, 6.07) is 3.95. The normalized spacial score (nSPS) is 20.1. The number of nitrogens with one attached hydrogen (secondary N) is 2. The number of benzene rings is 1. The van der Waals surface area contributed by atoms with Crippen molar-refractivity contribution >= 4 is 21.8 Å². The van der Waals surface area contributed by atoms with Crippen LogP contribution in [0.1, 0.15) is 18.4 Å². The molecule has 1 aromatic carbocycles. The van der Waals surface area contributed by atoms with Gasteiger partial charge in [-0.2, -0.15) is 13.2 Å². The van der Waals surface area contributed by atoms with Gasteiger partial charge in [0.25, 0.3) is 0 Å². The number of carbonyl (C=O) groups is 2. The zero-order chi connectivity index (χ0) is 23.4. The SMILES string of the molecule is CS(=O)(=O)c1ccc(CC2CNC(=O)N2C2CCNCC2)c(F)c1.O=C(O)C(F)(F)F. The maximum atomic E-state index is 14.3. The number of urea groups is 1. The minimum absolute atomic E-state index is 0.0282. The van der Waals surface area contributed by atoms with Gasteiger partial charge < -0.3 is 20.6 Å². The number of rotatable bonds is 4. The standard InChI is InChI=1S/C16H22FN3O3S.C2HF3O2/c1-24(22,23)14-3-2-11(15(17)9-14)8-13-10-19-16(21)20(13)12-4-6-18-7-5-12;3-2(4,5)1(6)7/h2-3,9,12-13,18H,4-8,10H2,1H3,(H,19,21);(H,6,7). The summed E-state index contributed by atoms with van der Waals surface area (Å²) in [5.74, 6) is -3.30. The zero-order valence-corrected chi connectivity index (χ0v) is 17.4. The second kappa shape index (κ2) is 9.81. The molecular weight excluding hydrogens is 446 g/mol. The van der Waals surface area contributed by atoms with Crippen molar-refractivity contribution < 1.29 is 40.7 Å². The largest absolute Gasteiger partial charge is 0.490 e. The Hall–Kier alpha value is -2.41. The van der Waals surface area contributed by atoms with Crippen molar-refractivity contribution in [1.82, 2.24) is 15.5 Å². The number of carboxylic acid groups (broad SMARTS) is 1. The van der Waals surface area contributed by atoms with Crippen LogP contribution in [-0.4, -0.2) is 74.6 Å². The molecule has 1 unspecified atom stereocenters. The fourth-order valence-electron chi connectivity index (χ4n) is 3.46. The van der Waals surface area contributed by atoms with Gasteiger partial charge in [0, 0.05) is 18.8 Å². The van der Waals surface area contributed by atoms with Crippen molar-refractivity contribution in [2.24, 2.45) is 0 Å². The van der Waals surface area contributed by atoms with Crippen LogP contribution in [0.15, 0.2) is 23.1 Å². The van der Waals surface area contributed by atoms with Crippen LogP contribution in [0.5, 0.6) is 0 Å². The molecule has 2 fully saturated rings. The molecule has 0 aliphatic carbocycles. The first-order chi connectivity index (χ1) is 14.3. The fraction of sp³-hybridized carbons (Fsp3) is 0.556. The summed E-state index contributed by atoms with van der Waals surface area (Å²) in [5.41, 5.74) is 0.433. The van der Waals surface area contributed by atoms with E-state index in [-0.39, 0.29) is 23.0 Å². The summed E-state index contributed by atoms with van der Waals surface area (Å²) in [5, 5.41) is 13.2. The minimum Gasteiger partial charge on any atom is -0.475 e. The van der Waals surface area contributed by atoms with E-state index in [1.807, 2.05) is 4.90 Å². The maximum absolute atomic E-state index is 14.3. The second-order valence-corrected chi connectivity index (χ2v) is 9.28. The summed E-state index contributed by atoms with van der Waals surface area (Å²) >= 11 is 0. The van der Waals surface area contributed by atoms with Gasteiger partial charge in [-0.15, -0.1) is 0 Å². The highest BCUT2D eigenvalue weighted by Crippen LogP contribution is 2.23. The molecular formula is C18H23F4N3O5S. The fourth-order valence-corrected chi connectivity index (χ4v) is 4.09. The van der Waals surface area contributed by atoms with Crippen LogP contribution in [0.4, 0.5) is 22.4 Å². The van der Waals surface area contributed by atoms with Gasteiger partial charge in [-0.05, 0) is 50.0 Å². The average Bonchev–Trinajstić information content (AvgIpc) is 3.03. The van der Waals surface area contributed by atoms with E-state index in [1.54, 1.807) is 0 Å². The Bertz CT molecular complexity index is 917. The molecule has 0 bridgehead atoms. The van der Waals surface area contributed by atoms with Crippen LogP contribution in [0.3, 0.4) is 0 Å². The lowest BCUT2D eigenvalue weighted by molar-refractivity contribution is -0.192. The van der Waals surface area contributed by atoms with Crippen molar-refractivity contribution in [3.05, 3.63) is 29.6 Å². The molecule has 13 heteroatoms. The molecule has 2 amide bonds. The summed E-state index contributed by atoms with van der Waals surface area (Å²) in [7, 11) is -3.43. The number of nitrogens with zero attached hydrogens (tertiary/aromatic N) is 1. The third-order valence-electron chi connectivity index (χ3n) is 4.97. The van der Waals surface area contributed by atoms with Gasteiger partial charge in [-0.3, -0.25) is 0 Å². The molecule has 2 aliphatic heterocycles. The summed E-state index contributed by atoms with van der Waals surface area (Å²) < 4.78 is 69.1. The van der Waals surface area contributed by atoms with Crippen LogP contribution in [0, 0.1) is 5.82 Å². The Kier molecular flexibility index (Phi) is 7.87. The zero-order valence-electron chi connectivity index (χ0n) is 16.6. The topological polar surface area (TPSA) is 116 Å². The van der Waals surface area contributed by atoms with E-state index in [0.29, 0.717) is 18.5 Å². The second-order valence-electron chi connectivity index (χ2n) is 7.26. The summed E-state index contributed by atoms with van der Waals surface area (Å²) in [4.78, 5) is 22.9. The lowest BCUT2D eigenvalue weighted by Gasteiger charge is -2.35. The summed E-state index contributed by atoms with van der Waals surface area (Å²) in [6.45, 7) is 2.23. The van der Waals surface area contributed by atoms with Crippen LogP contribution >= 0.6 is 0 Å². The maximum Gasteiger partial charge on any atom is 0.490 e. The molecule has 174 valence electrons. The molecule has 0 saturated carbocycles. The number of alkyl halides is 3. The van der Waals surface area contributed by atoms with Gasteiger partial charge in [-0.25, -0.2) is 22.4 Å². The van der Waals surface area contributed by atoms with Crippen molar-refractivity contribution in [2.45, 2.75) is 42.4 Å². The molecule has 1 atom stereocenters. The molecule has 0 spiro atoms. The van der Waals surface area contributed by atoms with Gasteiger partial charge >= 0.3 is 18.2 Å². The molecule has 1 aromatic rings. The lowest BCUT2D eigenvalue weighted by Crippen LogP contribution is -2.48. The highest BCUT2D eigenvalue weighted by molar-refractivity contribution is 7.90. The molecule has 0 aromatic heterocycles. The van der Waals surface area contributed by atoms with Crippen LogP contribution in [-0.2, 0) is 21.1 Å². The average molecular weight is 469 g/mol. The number of carboxylic acids is 1. The van der Waals surface area contributed by atoms with E-state index in [4.69, 9.17) is 9.90 Å². The number of sulfone groups is 1.